The van der Waals surface area contributed by atoms with Crippen LogP contribution in [0, 0.1) is 19.8 Å². The summed E-state index contributed by atoms with van der Waals surface area (Å²) < 4.78 is 0. The number of thiophene rings is 1. The molecular weight excluding hydrogens is 350 g/mol. The smallest absolute Gasteiger partial charge is 0.308 e. The molecule has 1 aromatic carbocycles. The Labute approximate surface area is 157 Å². The largest absolute Gasteiger partial charge is 0.481 e. The first-order valence-electron chi connectivity index (χ1n) is 8.50. The highest BCUT2D eigenvalue weighted by molar-refractivity contribution is 7.12. The molecule has 1 amide bonds. The molecule has 1 atom stereocenters. The van der Waals surface area contributed by atoms with Crippen molar-refractivity contribution in [3.8, 4) is 0 Å². The molecule has 1 heterocycles. The maximum Gasteiger partial charge on any atom is 0.308 e. The van der Waals surface area contributed by atoms with Crippen molar-refractivity contribution < 1.29 is 19.5 Å². The van der Waals surface area contributed by atoms with E-state index in [9.17, 15) is 19.5 Å². The number of Topliss-reactive ketones (excluding diaryl/α,β-unsaturated/α-hetero) is 1. The second-order valence-electron chi connectivity index (χ2n) is 6.28. The minimum Gasteiger partial charge on any atom is -0.481 e. The molecule has 1 aromatic heterocycles. The van der Waals surface area contributed by atoms with Crippen LogP contribution >= 0.6 is 11.3 Å². The van der Waals surface area contributed by atoms with Crippen molar-refractivity contribution in [3.63, 3.8) is 0 Å². The van der Waals surface area contributed by atoms with Gasteiger partial charge in [-0.2, -0.15) is 0 Å². The summed E-state index contributed by atoms with van der Waals surface area (Å²) in [5.41, 5.74) is 1.58. The Morgan fingerprint density at radius 2 is 1.81 bits per heavy atom. The number of aryl methyl sites for hydroxylation is 2. The van der Waals surface area contributed by atoms with E-state index in [-0.39, 0.29) is 31.1 Å². The number of benzene rings is 1. The number of hydrogen-bond donors (Lipinski definition) is 2. The predicted octanol–water partition coefficient (Wildman–Crippen LogP) is 3.39. The minimum atomic E-state index is -0.949. The fraction of sp³-hybridized carbons (Fsp3) is 0.350. The monoisotopic (exact) mass is 373 g/mol. The summed E-state index contributed by atoms with van der Waals surface area (Å²) in [6.07, 6.45) is 0.535. The van der Waals surface area contributed by atoms with Gasteiger partial charge in [0.1, 0.15) is 0 Å². The Morgan fingerprint density at radius 3 is 2.38 bits per heavy atom. The molecule has 5 nitrogen and oxygen atoms in total. The van der Waals surface area contributed by atoms with E-state index < -0.39 is 11.9 Å². The van der Waals surface area contributed by atoms with Crippen LogP contribution in [0.2, 0.25) is 0 Å². The number of hydrogen-bond acceptors (Lipinski definition) is 4. The van der Waals surface area contributed by atoms with Gasteiger partial charge in [0.2, 0.25) is 5.91 Å². The molecule has 1 unspecified atom stereocenters. The van der Waals surface area contributed by atoms with Crippen LogP contribution in [0.25, 0.3) is 0 Å². The lowest BCUT2D eigenvalue weighted by molar-refractivity contribution is -0.141. The van der Waals surface area contributed by atoms with Crippen LogP contribution in [0.5, 0.6) is 0 Å². The number of carbonyl (C=O) groups is 3. The van der Waals surface area contributed by atoms with Crippen LogP contribution in [-0.2, 0) is 16.0 Å². The van der Waals surface area contributed by atoms with E-state index >= 15 is 0 Å². The lowest BCUT2D eigenvalue weighted by Crippen LogP contribution is -2.34. The first-order valence-corrected chi connectivity index (χ1v) is 9.32. The van der Waals surface area contributed by atoms with Gasteiger partial charge < -0.3 is 10.4 Å². The second-order valence-corrected chi connectivity index (χ2v) is 7.74. The molecule has 0 aliphatic rings. The van der Waals surface area contributed by atoms with E-state index in [2.05, 4.69) is 5.32 Å². The normalized spacial score (nSPS) is 11.8. The van der Waals surface area contributed by atoms with Gasteiger partial charge in [0, 0.05) is 34.7 Å². The molecule has 0 saturated carbocycles. The molecule has 0 saturated heterocycles. The number of ketones is 1. The maximum atomic E-state index is 12.2. The van der Waals surface area contributed by atoms with E-state index in [0.29, 0.717) is 12.0 Å². The van der Waals surface area contributed by atoms with Crippen LogP contribution in [-0.4, -0.2) is 29.3 Å². The summed E-state index contributed by atoms with van der Waals surface area (Å²) in [4.78, 5) is 37.6. The van der Waals surface area contributed by atoms with Gasteiger partial charge in [-0.1, -0.05) is 30.3 Å². The molecule has 0 aliphatic heterocycles. The number of aliphatic carboxylic acids is 1. The van der Waals surface area contributed by atoms with Gasteiger partial charge in [-0.15, -0.1) is 11.3 Å². The Bertz CT molecular complexity index is 782. The molecule has 0 fully saturated rings. The Balaban J connectivity index is 1.81. The zero-order chi connectivity index (χ0) is 19.1. The Kier molecular flexibility index (Phi) is 7.09. The van der Waals surface area contributed by atoms with E-state index in [4.69, 9.17) is 0 Å². The molecule has 0 bridgehead atoms. The number of rotatable bonds is 9. The first-order chi connectivity index (χ1) is 12.4. The third kappa shape index (κ3) is 5.81. The Morgan fingerprint density at radius 1 is 1.12 bits per heavy atom. The number of nitrogens with one attached hydrogen (secondary N) is 1. The van der Waals surface area contributed by atoms with Crippen LogP contribution in [0.1, 0.15) is 38.5 Å². The molecule has 2 N–H and O–H groups in total. The van der Waals surface area contributed by atoms with Crippen molar-refractivity contribution in [2.24, 2.45) is 5.92 Å². The minimum absolute atomic E-state index is 0.0494. The highest BCUT2D eigenvalue weighted by Crippen LogP contribution is 2.22. The van der Waals surface area contributed by atoms with Crippen molar-refractivity contribution in [2.45, 2.75) is 33.1 Å². The van der Waals surface area contributed by atoms with E-state index in [0.717, 1.165) is 15.3 Å². The number of amides is 1. The lowest BCUT2D eigenvalue weighted by Gasteiger charge is -2.13. The van der Waals surface area contributed by atoms with Crippen molar-refractivity contribution in [2.75, 3.05) is 6.54 Å². The first kappa shape index (κ1) is 19.8. The summed E-state index contributed by atoms with van der Waals surface area (Å²) in [7, 11) is 0. The average Bonchev–Trinajstić information content (AvgIpc) is 2.95. The molecule has 0 aliphatic carbocycles. The molecule has 138 valence electrons. The van der Waals surface area contributed by atoms with Crippen molar-refractivity contribution in [1.82, 2.24) is 5.32 Å². The van der Waals surface area contributed by atoms with Crippen molar-refractivity contribution in [3.05, 3.63) is 57.3 Å². The third-order valence-electron chi connectivity index (χ3n) is 4.14. The highest BCUT2D eigenvalue weighted by atomic mass is 32.1. The van der Waals surface area contributed by atoms with Gasteiger partial charge >= 0.3 is 5.97 Å². The summed E-state index contributed by atoms with van der Waals surface area (Å²) in [6.45, 7) is 3.89. The van der Waals surface area contributed by atoms with Crippen LogP contribution in [0.15, 0.2) is 36.4 Å². The molecule has 2 aromatic rings. The van der Waals surface area contributed by atoms with Crippen molar-refractivity contribution >= 4 is 29.0 Å². The van der Waals surface area contributed by atoms with Gasteiger partial charge in [0.05, 0.1) is 5.92 Å². The van der Waals surface area contributed by atoms with Gasteiger partial charge in [0.15, 0.2) is 5.78 Å². The summed E-state index contributed by atoms with van der Waals surface area (Å²) in [6, 6.07) is 11.2. The molecule has 2 rings (SSSR count). The summed E-state index contributed by atoms with van der Waals surface area (Å²) in [5, 5.41) is 12.0. The van der Waals surface area contributed by atoms with Gasteiger partial charge in [0.25, 0.3) is 0 Å². The average molecular weight is 373 g/mol. The SMILES string of the molecule is Cc1cc(C(=O)CCC(=O)NCC(Cc2ccccc2)C(=O)O)c(C)s1. The fourth-order valence-electron chi connectivity index (χ4n) is 2.74. The summed E-state index contributed by atoms with van der Waals surface area (Å²) in [5.74, 6) is -2.00. The molecule has 0 radical (unpaired) electrons. The second kappa shape index (κ2) is 9.29. The Hall–Kier alpha value is -2.47. The maximum absolute atomic E-state index is 12.2. The zero-order valence-corrected chi connectivity index (χ0v) is 15.8. The summed E-state index contributed by atoms with van der Waals surface area (Å²) >= 11 is 1.56. The molecule has 26 heavy (non-hydrogen) atoms. The van der Waals surface area contributed by atoms with E-state index in [1.165, 1.54) is 0 Å². The molecular formula is C20H23NO4S. The number of carboxylic acid groups (broad SMARTS) is 1. The number of carbonyl (C=O) groups excluding carboxylic acids is 2. The van der Waals surface area contributed by atoms with Crippen LogP contribution in [0.4, 0.5) is 0 Å². The standard InChI is InChI=1S/C20H23NO4S/c1-13-10-17(14(2)26-13)18(22)8-9-19(23)21-12-16(20(24)25)11-15-6-4-3-5-7-15/h3-7,10,16H,8-9,11-12H2,1-2H3,(H,21,23)(H,24,25). The molecule has 0 spiro atoms. The predicted molar refractivity (Wildman–Crippen MR) is 102 cm³/mol. The van der Waals surface area contributed by atoms with E-state index in [1.807, 2.05) is 50.2 Å². The number of carboxylic acids is 1. The van der Waals surface area contributed by atoms with Gasteiger partial charge in [-0.05, 0) is 31.9 Å². The van der Waals surface area contributed by atoms with E-state index in [1.54, 1.807) is 11.3 Å². The quantitative estimate of drug-likeness (QED) is 0.660. The fourth-order valence-corrected chi connectivity index (χ4v) is 3.68. The third-order valence-corrected chi connectivity index (χ3v) is 5.11. The topological polar surface area (TPSA) is 83.5 Å². The van der Waals surface area contributed by atoms with Gasteiger partial charge in [-0.3, -0.25) is 14.4 Å². The van der Waals surface area contributed by atoms with Gasteiger partial charge in [-0.25, -0.2) is 0 Å². The lowest BCUT2D eigenvalue weighted by atomic mass is 9.99. The van der Waals surface area contributed by atoms with Crippen molar-refractivity contribution in [1.29, 1.82) is 0 Å². The highest BCUT2D eigenvalue weighted by Gasteiger charge is 2.19. The molecule has 6 heteroatoms. The van der Waals surface area contributed by atoms with Crippen LogP contribution < -0.4 is 5.32 Å². The zero-order valence-electron chi connectivity index (χ0n) is 15.0. The van der Waals surface area contributed by atoms with Crippen LogP contribution in [0.3, 0.4) is 0 Å².